The first-order valence-corrected chi connectivity index (χ1v) is 10.2. The zero-order valence-electron chi connectivity index (χ0n) is 17.0. The fraction of sp³-hybridized carbons (Fsp3) is 0.429. The molecule has 0 aliphatic carbocycles. The van der Waals surface area contributed by atoms with Crippen molar-refractivity contribution in [2.75, 3.05) is 19.0 Å². The van der Waals surface area contributed by atoms with E-state index in [-0.39, 0.29) is 17.9 Å². The number of amides is 1. The molecule has 0 spiro atoms. The van der Waals surface area contributed by atoms with Crippen molar-refractivity contribution in [1.82, 2.24) is 24.3 Å². The second-order valence-corrected chi connectivity index (χ2v) is 7.74. The molecule has 0 unspecified atom stereocenters. The van der Waals surface area contributed by atoms with Gasteiger partial charge >= 0.3 is 0 Å². The molecule has 2 aliphatic rings. The first-order valence-electron chi connectivity index (χ1n) is 10.2. The van der Waals surface area contributed by atoms with Crippen LogP contribution in [-0.4, -0.2) is 50.0 Å². The molecule has 30 heavy (non-hydrogen) atoms. The van der Waals surface area contributed by atoms with Crippen molar-refractivity contribution in [2.45, 2.75) is 44.9 Å². The number of rotatable bonds is 6. The van der Waals surface area contributed by atoms with Gasteiger partial charge in [0.2, 0.25) is 5.88 Å². The number of hydrogen-bond acceptors (Lipinski definition) is 6. The van der Waals surface area contributed by atoms with Crippen LogP contribution in [0.4, 0.5) is 5.82 Å². The third-order valence-electron chi connectivity index (χ3n) is 5.70. The summed E-state index contributed by atoms with van der Waals surface area (Å²) in [6, 6.07) is 5.98. The van der Waals surface area contributed by atoms with Gasteiger partial charge in [0.15, 0.2) is 0 Å². The minimum absolute atomic E-state index is 0.142. The monoisotopic (exact) mass is 408 g/mol. The standard InChI is InChI=1S/C21H24N6O3/c1-13-6-7-19-22-10-17(27(13)19)16-4-3-5-18(23-16)24-20(28)15-12-26(25-21(15)29-2)11-14-8-9-30-14/h3-5,10,12-14H,6-9,11H2,1-2H3,(H,23,24,28)/t13-,14-/m0/s1. The van der Waals surface area contributed by atoms with Crippen molar-refractivity contribution in [3.05, 3.63) is 42.0 Å². The molecule has 0 bridgehead atoms. The van der Waals surface area contributed by atoms with Crippen molar-refractivity contribution in [3.63, 3.8) is 0 Å². The maximum Gasteiger partial charge on any atom is 0.263 e. The normalized spacial score (nSPS) is 19.9. The molecule has 3 aromatic rings. The summed E-state index contributed by atoms with van der Waals surface area (Å²) in [6.07, 6.45) is 6.75. The Balaban J connectivity index is 1.36. The Morgan fingerprint density at radius 1 is 1.37 bits per heavy atom. The number of imidazole rings is 1. The van der Waals surface area contributed by atoms with Crippen LogP contribution in [0.2, 0.25) is 0 Å². The Bertz CT molecular complexity index is 1080. The molecule has 1 N–H and O–H groups in total. The lowest BCUT2D eigenvalue weighted by Crippen LogP contribution is -2.31. The van der Waals surface area contributed by atoms with E-state index in [1.807, 2.05) is 18.3 Å². The van der Waals surface area contributed by atoms with E-state index >= 15 is 0 Å². The number of hydrogen-bond donors (Lipinski definition) is 1. The summed E-state index contributed by atoms with van der Waals surface area (Å²) in [4.78, 5) is 22.0. The van der Waals surface area contributed by atoms with Gasteiger partial charge in [0.1, 0.15) is 17.2 Å². The van der Waals surface area contributed by atoms with E-state index in [4.69, 9.17) is 9.47 Å². The van der Waals surface area contributed by atoms with Gasteiger partial charge in [-0.3, -0.25) is 9.48 Å². The van der Waals surface area contributed by atoms with Crippen molar-refractivity contribution < 1.29 is 14.3 Å². The van der Waals surface area contributed by atoms with E-state index in [1.165, 1.54) is 7.11 Å². The van der Waals surface area contributed by atoms with E-state index in [1.54, 1.807) is 16.9 Å². The van der Waals surface area contributed by atoms with Crippen LogP contribution in [0.25, 0.3) is 11.4 Å². The summed E-state index contributed by atoms with van der Waals surface area (Å²) in [7, 11) is 1.50. The number of ether oxygens (including phenoxy) is 2. The second kappa shape index (κ2) is 7.56. The number of carbonyl (C=O) groups excluding carboxylic acids is 1. The first kappa shape index (κ1) is 18.8. The molecule has 0 radical (unpaired) electrons. The first-order chi connectivity index (χ1) is 14.6. The van der Waals surface area contributed by atoms with Crippen LogP contribution in [0, 0.1) is 0 Å². The van der Waals surface area contributed by atoms with Crippen molar-refractivity contribution in [2.24, 2.45) is 0 Å². The van der Waals surface area contributed by atoms with Crippen LogP contribution >= 0.6 is 0 Å². The highest BCUT2D eigenvalue weighted by atomic mass is 16.5. The fourth-order valence-electron chi connectivity index (χ4n) is 4.00. The van der Waals surface area contributed by atoms with Gasteiger partial charge in [-0.15, -0.1) is 5.10 Å². The molecule has 156 valence electrons. The second-order valence-electron chi connectivity index (χ2n) is 7.74. The van der Waals surface area contributed by atoms with E-state index in [0.717, 1.165) is 43.1 Å². The number of fused-ring (bicyclic) bond motifs is 1. The van der Waals surface area contributed by atoms with Gasteiger partial charge in [-0.1, -0.05) is 6.07 Å². The average molecular weight is 408 g/mol. The quantitative estimate of drug-likeness (QED) is 0.674. The number of anilines is 1. The molecule has 3 aromatic heterocycles. The van der Waals surface area contributed by atoms with E-state index in [9.17, 15) is 4.79 Å². The third-order valence-corrected chi connectivity index (χ3v) is 5.70. The van der Waals surface area contributed by atoms with Crippen LogP contribution < -0.4 is 10.1 Å². The van der Waals surface area contributed by atoms with Crippen LogP contribution in [0.5, 0.6) is 5.88 Å². The Hall–Kier alpha value is -3.20. The molecule has 5 heterocycles. The Morgan fingerprint density at radius 2 is 2.23 bits per heavy atom. The van der Waals surface area contributed by atoms with Crippen molar-refractivity contribution in [1.29, 1.82) is 0 Å². The minimum Gasteiger partial charge on any atom is -0.479 e. The van der Waals surface area contributed by atoms with Gasteiger partial charge in [0.05, 0.1) is 37.3 Å². The van der Waals surface area contributed by atoms with Gasteiger partial charge in [0.25, 0.3) is 5.91 Å². The molecule has 1 fully saturated rings. The SMILES string of the molecule is COc1nn(C[C@@H]2CCO2)cc1C(=O)Nc1cccc(-c2cnc3n2[C@@H](C)CC3)n1. The molecule has 1 amide bonds. The Kier molecular flexibility index (Phi) is 4.74. The zero-order chi connectivity index (χ0) is 20.7. The summed E-state index contributed by atoms with van der Waals surface area (Å²) >= 11 is 0. The summed E-state index contributed by atoms with van der Waals surface area (Å²) < 4.78 is 14.7. The average Bonchev–Trinajstić information content (AvgIpc) is 3.41. The number of nitrogens with one attached hydrogen (secondary N) is 1. The highest BCUT2D eigenvalue weighted by molar-refractivity contribution is 6.05. The van der Waals surface area contributed by atoms with Crippen LogP contribution in [0.3, 0.4) is 0 Å². The van der Waals surface area contributed by atoms with Crippen LogP contribution in [-0.2, 0) is 17.7 Å². The molecule has 9 nitrogen and oxygen atoms in total. The topological polar surface area (TPSA) is 96.1 Å². The van der Waals surface area contributed by atoms with E-state index in [2.05, 4.69) is 31.9 Å². The predicted molar refractivity (Wildman–Crippen MR) is 110 cm³/mol. The van der Waals surface area contributed by atoms with Gasteiger partial charge in [-0.2, -0.15) is 0 Å². The predicted octanol–water partition coefficient (Wildman–Crippen LogP) is 2.70. The van der Waals surface area contributed by atoms with Gasteiger partial charge in [-0.05, 0) is 31.9 Å². The molecular weight excluding hydrogens is 384 g/mol. The van der Waals surface area contributed by atoms with Crippen LogP contribution in [0.1, 0.15) is 42.0 Å². The maximum atomic E-state index is 12.9. The largest absolute Gasteiger partial charge is 0.479 e. The Labute approximate surface area is 174 Å². The number of aryl methyl sites for hydroxylation is 1. The lowest BCUT2D eigenvalue weighted by Gasteiger charge is -2.25. The maximum absolute atomic E-state index is 12.9. The van der Waals surface area contributed by atoms with E-state index < -0.39 is 0 Å². The lowest BCUT2D eigenvalue weighted by atomic mass is 10.2. The number of nitrogens with zero attached hydrogens (tertiary/aromatic N) is 5. The minimum atomic E-state index is -0.316. The number of carbonyl (C=O) groups is 1. The summed E-state index contributed by atoms with van der Waals surface area (Å²) in [5, 5.41) is 7.21. The summed E-state index contributed by atoms with van der Waals surface area (Å²) in [5.41, 5.74) is 2.12. The third kappa shape index (κ3) is 3.35. The lowest BCUT2D eigenvalue weighted by molar-refractivity contribution is -0.0610. The number of aromatic nitrogens is 5. The zero-order valence-corrected chi connectivity index (χ0v) is 17.0. The Morgan fingerprint density at radius 3 is 3.00 bits per heavy atom. The summed E-state index contributed by atoms with van der Waals surface area (Å²) in [6.45, 7) is 3.56. The highest BCUT2D eigenvalue weighted by Gasteiger charge is 2.25. The van der Waals surface area contributed by atoms with Crippen molar-refractivity contribution in [3.8, 4) is 17.3 Å². The molecule has 1 saturated heterocycles. The van der Waals surface area contributed by atoms with Gasteiger partial charge in [-0.25, -0.2) is 9.97 Å². The molecule has 9 heteroatoms. The van der Waals surface area contributed by atoms with Crippen LogP contribution in [0.15, 0.2) is 30.6 Å². The summed E-state index contributed by atoms with van der Waals surface area (Å²) in [5.74, 6) is 1.52. The molecular formula is C21H24N6O3. The number of pyridine rings is 1. The van der Waals surface area contributed by atoms with Crippen molar-refractivity contribution >= 4 is 11.7 Å². The fourth-order valence-corrected chi connectivity index (χ4v) is 4.00. The van der Waals surface area contributed by atoms with Gasteiger partial charge in [0, 0.05) is 25.3 Å². The number of methoxy groups -OCH3 is 1. The van der Waals surface area contributed by atoms with E-state index in [0.29, 0.717) is 24.0 Å². The smallest absolute Gasteiger partial charge is 0.263 e. The molecule has 2 aliphatic heterocycles. The molecule has 0 aromatic carbocycles. The molecule has 2 atom stereocenters. The highest BCUT2D eigenvalue weighted by Crippen LogP contribution is 2.31. The molecule has 5 rings (SSSR count). The van der Waals surface area contributed by atoms with Gasteiger partial charge < -0.3 is 19.4 Å². The molecule has 0 saturated carbocycles.